The maximum Gasteiger partial charge on any atom is 0.319 e. The van der Waals surface area contributed by atoms with Gasteiger partial charge in [-0.25, -0.2) is 8.78 Å². The number of piperazine rings is 1. The highest BCUT2D eigenvalue weighted by molar-refractivity contribution is 5.99. The number of pyridine rings is 1. The van der Waals surface area contributed by atoms with Crippen LogP contribution in [0.2, 0.25) is 0 Å². The van der Waals surface area contributed by atoms with Crippen molar-refractivity contribution >= 4 is 33.2 Å². The highest BCUT2D eigenvalue weighted by Gasteiger charge is 2.45. The number of aromatic nitrogens is 3. The third kappa shape index (κ3) is 4.77. The van der Waals surface area contributed by atoms with E-state index in [0.29, 0.717) is 65.9 Å². The predicted molar refractivity (Wildman–Crippen MR) is 174 cm³/mol. The van der Waals surface area contributed by atoms with Crippen molar-refractivity contribution in [2.45, 2.75) is 31.2 Å². The smallest absolute Gasteiger partial charge is 0.319 e. The van der Waals surface area contributed by atoms with Gasteiger partial charge in [-0.15, -0.1) is 0 Å². The summed E-state index contributed by atoms with van der Waals surface area (Å²) in [7, 11) is 0. The fraction of sp³-hybridized carbons (Fsp3) is 0.333. The first-order valence-electron chi connectivity index (χ1n) is 16.0. The third-order valence-corrected chi connectivity index (χ3v) is 9.98. The van der Waals surface area contributed by atoms with Gasteiger partial charge in [0, 0.05) is 43.3 Å². The van der Waals surface area contributed by atoms with Crippen LogP contribution in [0.5, 0.6) is 6.01 Å². The van der Waals surface area contributed by atoms with Gasteiger partial charge in [0.15, 0.2) is 5.82 Å². The first-order chi connectivity index (χ1) is 22.5. The van der Waals surface area contributed by atoms with Gasteiger partial charge in [0.25, 0.3) is 0 Å². The van der Waals surface area contributed by atoms with E-state index in [-0.39, 0.29) is 22.8 Å². The lowest BCUT2D eigenvalue weighted by molar-refractivity contribution is 0.108. The number of anilines is 2. The molecule has 8 nitrogen and oxygen atoms in total. The average Bonchev–Trinajstić information content (AvgIpc) is 3.68. The van der Waals surface area contributed by atoms with Crippen LogP contribution in [0.4, 0.5) is 20.3 Å². The molecule has 0 aliphatic carbocycles. The molecule has 3 aliphatic heterocycles. The summed E-state index contributed by atoms with van der Waals surface area (Å²) in [6.45, 7) is 5.09. The Labute approximate surface area is 265 Å². The van der Waals surface area contributed by atoms with Gasteiger partial charge in [0.2, 0.25) is 0 Å². The van der Waals surface area contributed by atoms with Gasteiger partial charge in [0.05, 0.1) is 22.2 Å². The minimum absolute atomic E-state index is 0.0271. The molecule has 5 heterocycles. The Morgan fingerprint density at radius 2 is 1.59 bits per heavy atom. The minimum atomic E-state index is -0.634. The molecule has 0 bridgehead atoms. The van der Waals surface area contributed by atoms with E-state index in [1.807, 2.05) is 24.3 Å². The van der Waals surface area contributed by atoms with Gasteiger partial charge >= 0.3 is 6.01 Å². The van der Waals surface area contributed by atoms with E-state index >= 15 is 8.78 Å². The van der Waals surface area contributed by atoms with Gasteiger partial charge < -0.3 is 14.5 Å². The fourth-order valence-electron chi connectivity index (χ4n) is 7.67. The molecule has 3 aliphatic rings. The summed E-state index contributed by atoms with van der Waals surface area (Å²) in [6, 6.07) is 20.1. The van der Waals surface area contributed by atoms with Crippen molar-refractivity contribution in [1.29, 1.82) is 5.26 Å². The molecule has 0 radical (unpaired) electrons. The highest BCUT2D eigenvalue weighted by atomic mass is 19.1. The zero-order chi connectivity index (χ0) is 31.3. The second-order valence-corrected chi connectivity index (χ2v) is 12.5. The zero-order valence-corrected chi connectivity index (χ0v) is 25.4. The van der Waals surface area contributed by atoms with E-state index in [9.17, 15) is 5.26 Å². The van der Waals surface area contributed by atoms with E-state index in [2.05, 4.69) is 30.7 Å². The van der Waals surface area contributed by atoms with Crippen LogP contribution in [-0.2, 0) is 0 Å². The maximum absolute atomic E-state index is 16.7. The van der Waals surface area contributed by atoms with Crippen molar-refractivity contribution in [3.05, 3.63) is 84.1 Å². The number of nitriles is 1. The maximum atomic E-state index is 16.7. The number of benzene rings is 3. The van der Waals surface area contributed by atoms with E-state index in [0.717, 1.165) is 44.5 Å². The topological polar surface area (TPSA) is 81.4 Å². The summed E-state index contributed by atoms with van der Waals surface area (Å²) in [5.41, 5.74) is 2.01. The number of hydrogen-bond donors (Lipinski definition) is 0. The lowest BCUT2D eigenvalue weighted by Gasteiger charge is -2.37. The van der Waals surface area contributed by atoms with Crippen LogP contribution in [0.3, 0.4) is 0 Å². The lowest BCUT2D eigenvalue weighted by Crippen LogP contribution is -2.47. The van der Waals surface area contributed by atoms with E-state index in [1.54, 1.807) is 36.5 Å². The van der Waals surface area contributed by atoms with Gasteiger partial charge in [-0.05, 0) is 62.4 Å². The summed E-state index contributed by atoms with van der Waals surface area (Å²) >= 11 is 0. The first kappa shape index (κ1) is 28.6. The number of halogens is 2. The van der Waals surface area contributed by atoms with Crippen molar-refractivity contribution in [2.24, 2.45) is 0 Å². The number of fused-ring (bicyclic) bond motifs is 3. The van der Waals surface area contributed by atoms with Gasteiger partial charge in [0.1, 0.15) is 35.5 Å². The third-order valence-electron chi connectivity index (χ3n) is 9.98. The largest absolute Gasteiger partial charge is 0.461 e. The van der Waals surface area contributed by atoms with Crippen LogP contribution in [-0.4, -0.2) is 71.3 Å². The molecule has 0 unspecified atom stereocenters. The van der Waals surface area contributed by atoms with E-state index in [4.69, 9.17) is 9.72 Å². The van der Waals surface area contributed by atoms with Gasteiger partial charge in [-0.2, -0.15) is 15.2 Å². The van der Waals surface area contributed by atoms with Crippen molar-refractivity contribution in [3.63, 3.8) is 0 Å². The lowest BCUT2D eigenvalue weighted by atomic mass is 9.95. The second-order valence-electron chi connectivity index (χ2n) is 12.5. The second kappa shape index (κ2) is 11.5. The first-order valence-corrected chi connectivity index (χ1v) is 16.0. The number of hydrogen-bond acceptors (Lipinski definition) is 8. The fourth-order valence-corrected chi connectivity index (χ4v) is 7.67. The molecule has 0 saturated carbocycles. The summed E-state index contributed by atoms with van der Waals surface area (Å²) in [6.07, 6.45) is 6.00. The molecule has 2 aromatic heterocycles. The van der Waals surface area contributed by atoms with Gasteiger partial charge in [-0.1, -0.05) is 42.5 Å². The average molecular weight is 618 g/mol. The Bertz CT molecular complexity index is 1990. The van der Waals surface area contributed by atoms with Crippen molar-refractivity contribution in [2.75, 3.05) is 55.7 Å². The predicted octanol–water partition coefficient (Wildman–Crippen LogP) is 6.33. The van der Waals surface area contributed by atoms with Gasteiger partial charge in [-0.3, -0.25) is 9.88 Å². The van der Waals surface area contributed by atoms with Crippen LogP contribution >= 0.6 is 0 Å². The molecule has 232 valence electrons. The van der Waals surface area contributed by atoms with E-state index < -0.39 is 11.6 Å². The molecular formula is C36H33F2N7O. The molecule has 5 aromatic rings. The van der Waals surface area contributed by atoms with Crippen LogP contribution < -0.4 is 14.5 Å². The van der Waals surface area contributed by atoms with Crippen LogP contribution in [0, 0.1) is 23.0 Å². The molecule has 3 aromatic carbocycles. The summed E-state index contributed by atoms with van der Waals surface area (Å²) in [5, 5.41) is 11.1. The molecule has 3 saturated heterocycles. The van der Waals surface area contributed by atoms with Crippen LogP contribution in [0.1, 0.15) is 31.2 Å². The Morgan fingerprint density at radius 1 is 0.848 bits per heavy atom. The molecule has 0 spiro atoms. The Morgan fingerprint density at radius 3 is 2.37 bits per heavy atom. The Hall–Kier alpha value is -4.88. The SMILES string of the molecule is N#Cc1ccccc1N1CCN(c2nc(OCC34CCCN3CCC4)nc3c(F)c(-c4cccc5cccc(F)c45)ncc23)CC1. The molecule has 0 N–H and O–H groups in total. The number of para-hydroxylation sites is 1. The monoisotopic (exact) mass is 617 g/mol. The quantitative estimate of drug-likeness (QED) is 0.219. The van der Waals surface area contributed by atoms with Crippen molar-refractivity contribution in [3.8, 4) is 23.3 Å². The van der Waals surface area contributed by atoms with Crippen LogP contribution in [0.25, 0.3) is 32.9 Å². The summed E-state index contributed by atoms with van der Waals surface area (Å²) < 4.78 is 38.1. The molecule has 3 fully saturated rings. The number of ether oxygens (including phenoxy) is 1. The molecular weight excluding hydrogens is 584 g/mol. The molecule has 10 heteroatoms. The molecule has 0 atom stereocenters. The van der Waals surface area contributed by atoms with Crippen molar-refractivity contribution in [1.82, 2.24) is 19.9 Å². The minimum Gasteiger partial charge on any atom is -0.461 e. The number of nitrogens with zero attached hydrogens (tertiary/aromatic N) is 7. The standard InChI is InChI=1S/C36H33F2N7O/c37-28-11-4-9-24-8-3-10-26(30(24)28)32-31(38)33-27(22-40-32)34(42-35(41-33)46-23-36-13-5-15-45(36)16-6-14-36)44-19-17-43(18-20-44)29-12-2-1-7-25(29)21-39/h1-4,7-12,22H,5-6,13-20,23H2. The highest BCUT2D eigenvalue weighted by Crippen LogP contribution is 2.40. The zero-order valence-electron chi connectivity index (χ0n) is 25.4. The Kier molecular flexibility index (Phi) is 7.14. The normalized spacial score (nSPS) is 17.8. The molecule has 46 heavy (non-hydrogen) atoms. The summed E-state index contributed by atoms with van der Waals surface area (Å²) in [4.78, 5) is 20.9. The molecule has 0 amide bonds. The van der Waals surface area contributed by atoms with Crippen molar-refractivity contribution < 1.29 is 13.5 Å². The molecule has 8 rings (SSSR count). The van der Waals surface area contributed by atoms with Crippen LogP contribution in [0.15, 0.2) is 66.9 Å². The van der Waals surface area contributed by atoms with E-state index in [1.165, 1.54) is 6.07 Å². The Balaban J connectivity index is 1.19. The number of rotatable bonds is 6. The summed E-state index contributed by atoms with van der Waals surface area (Å²) in [5.74, 6) is -0.512.